The molecule has 0 unspecified atom stereocenters. The van der Waals surface area contributed by atoms with E-state index in [0.717, 1.165) is 18.2 Å². The lowest BCUT2D eigenvalue weighted by Gasteiger charge is -2.21. The second kappa shape index (κ2) is 7.43. The lowest BCUT2D eigenvalue weighted by molar-refractivity contribution is -0.142. The van der Waals surface area contributed by atoms with Gasteiger partial charge in [0.05, 0.1) is 19.1 Å². The van der Waals surface area contributed by atoms with Gasteiger partial charge in [-0.1, -0.05) is 32.1 Å². The van der Waals surface area contributed by atoms with Gasteiger partial charge in [0.2, 0.25) is 0 Å². The predicted molar refractivity (Wildman–Crippen MR) is 77.1 cm³/mol. The standard InChI is InChI=1S/C15H25N3O2/c1-20-15(19)14(16)9-13-10-18(11-17-13)8-7-12-5-3-2-4-6-12/h10-12,14H,2-9,16H2,1H3/t14-/m0/s1. The molecule has 1 fully saturated rings. The molecule has 1 heterocycles. The van der Waals surface area contributed by atoms with Crippen molar-refractivity contribution in [3.8, 4) is 0 Å². The number of carbonyl (C=O) groups is 1. The Balaban J connectivity index is 1.78. The van der Waals surface area contributed by atoms with Crippen molar-refractivity contribution >= 4 is 5.97 Å². The Labute approximate surface area is 120 Å². The van der Waals surface area contributed by atoms with E-state index in [1.54, 1.807) is 0 Å². The van der Waals surface area contributed by atoms with Gasteiger partial charge in [-0.15, -0.1) is 0 Å². The van der Waals surface area contributed by atoms with Gasteiger partial charge < -0.3 is 15.0 Å². The van der Waals surface area contributed by atoms with Gasteiger partial charge in [-0.3, -0.25) is 4.79 Å². The normalized spacial score (nSPS) is 17.9. The Morgan fingerprint density at radius 3 is 2.95 bits per heavy atom. The van der Waals surface area contributed by atoms with Crippen LogP contribution in [-0.2, 0) is 22.5 Å². The van der Waals surface area contributed by atoms with Gasteiger partial charge in [0.25, 0.3) is 0 Å². The number of hydrogen-bond donors (Lipinski definition) is 1. The van der Waals surface area contributed by atoms with Crippen LogP contribution in [0.1, 0.15) is 44.2 Å². The van der Waals surface area contributed by atoms with Gasteiger partial charge in [-0.2, -0.15) is 0 Å². The fourth-order valence-corrected chi connectivity index (χ4v) is 2.90. The second-order valence-corrected chi connectivity index (χ2v) is 5.73. The van der Waals surface area contributed by atoms with Crippen LogP contribution < -0.4 is 5.73 Å². The molecule has 0 radical (unpaired) electrons. The molecule has 1 aromatic heterocycles. The molecule has 0 amide bonds. The lowest BCUT2D eigenvalue weighted by atomic mass is 9.87. The highest BCUT2D eigenvalue weighted by atomic mass is 16.5. The number of methoxy groups -OCH3 is 1. The molecule has 0 saturated heterocycles. The van der Waals surface area contributed by atoms with Gasteiger partial charge in [0.1, 0.15) is 6.04 Å². The van der Waals surface area contributed by atoms with Gasteiger partial charge in [-0.25, -0.2) is 4.98 Å². The third kappa shape index (κ3) is 4.34. The van der Waals surface area contributed by atoms with Gasteiger partial charge in [0.15, 0.2) is 0 Å². The number of rotatable bonds is 6. The molecule has 1 aliphatic carbocycles. The largest absolute Gasteiger partial charge is 0.468 e. The van der Waals surface area contributed by atoms with E-state index in [1.165, 1.54) is 45.6 Å². The molecule has 1 aromatic rings. The van der Waals surface area contributed by atoms with Crippen LogP contribution in [0.3, 0.4) is 0 Å². The minimum Gasteiger partial charge on any atom is -0.468 e. The summed E-state index contributed by atoms with van der Waals surface area (Å²) >= 11 is 0. The highest BCUT2D eigenvalue weighted by molar-refractivity contribution is 5.75. The maximum Gasteiger partial charge on any atom is 0.323 e. The van der Waals surface area contributed by atoms with Crippen molar-refractivity contribution in [3.63, 3.8) is 0 Å². The van der Waals surface area contributed by atoms with Crippen LogP contribution in [0.15, 0.2) is 12.5 Å². The molecular formula is C15H25N3O2. The Bertz CT molecular complexity index is 425. The summed E-state index contributed by atoms with van der Waals surface area (Å²) in [6.45, 7) is 1.01. The quantitative estimate of drug-likeness (QED) is 0.807. The van der Waals surface area contributed by atoms with E-state index < -0.39 is 6.04 Å². The zero-order chi connectivity index (χ0) is 14.4. The summed E-state index contributed by atoms with van der Waals surface area (Å²) in [5.74, 6) is 0.480. The number of carbonyl (C=O) groups excluding carboxylic acids is 1. The van der Waals surface area contributed by atoms with Crippen LogP contribution in [0.5, 0.6) is 0 Å². The fourth-order valence-electron chi connectivity index (χ4n) is 2.90. The summed E-state index contributed by atoms with van der Waals surface area (Å²) in [4.78, 5) is 15.6. The maximum absolute atomic E-state index is 11.3. The molecule has 5 nitrogen and oxygen atoms in total. The van der Waals surface area contributed by atoms with Crippen molar-refractivity contribution in [1.82, 2.24) is 9.55 Å². The van der Waals surface area contributed by atoms with E-state index in [1.807, 2.05) is 12.5 Å². The summed E-state index contributed by atoms with van der Waals surface area (Å²) < 4.78 is 6.72. The number of hydrogen-bond acceptors (Lipinski definition) is 4. The number of aryl methyl sites for hydroxylation is 1. The average molecular weight is 279 g/mol. The van der Waals surface area contributed by atoms with Crippen molar-refractivity contribution in [3.05, 3.63) is 18.2 Å². The molecule has 0 aromatic carbocycles. The molecule has 112 valence electrons. The fraction of sp³-hybridized carbons (Fsp3) is 0.733. The average Bonchev–Trinajstić information content (AvgIpc) is 2.92. The van der Waals surface area contributed by atoms with Crippen LogP contribution in [0.2, 0.25) is 0 Å². The van der Waals surface area contributed by atoms with Crippen LogP contribution >= 0.6 is 0 Å². The Hall–Kier alpha value is -1.36. The van der Waals surface area contributed by atoms with Gasteiger partial charge >= 0.3 is 5.97 Å². The van der Waals surface area contributed by atoms with Gasteiger partial charge in [0, 0.05) is 19.2 Å². The van der Waals surface area contributed by atoms with Crippen LogP contribution in [-0.4, -0.2) is 28.7 Å². The minimum atomic E-state index is -0.623. The third-order valence-corrected chi connectivity index (χ3v) is 4.14. The number of imidazole rings is 1. The van der Waals surface area contributed by atoms with Gasteiger partial charge in [-0.05, 0) is 12.3 Å². The Morgan fingerprint density at radius 1 is 1.50 bits per heavy atom. The number of aromatic nitrogens is 2. The third-order valence-electron chi connectivity index (χ3n) is 4.14. The first-order chi connectivity index (χ1) is 9.69. The summed E-state index contributed by atoms with van der Waals surface area (Å²) in [6, 6.07) is -0.623. The van der Waals surface area contributed by atoms with Crippen molar-refractivity contribution in [2.45, 2.75) is 57.5 Å². The number of esters is 1. The molecule has 1 aliphatic rings. The number of nitrogens with two attached hydrogens (primary N) is 1. The van der Waals surface area contributed by atoms with E-state index in [9.17, 15) is 4.79 Å². The lowest BCUT2D eigenvalue weighted by Crippen LogP contribution is -2.33. The molecule has 1 saturated carbocycles. The minimum absolute atomic E-state index is 0.387. The van der Waals surface area contributed by atoms with E-state index in [4.69, 9.17) is 5.73 Å². The summed E-state index contributed by atoms with van der Waals surface area (Å²) in [6.07, 6.45) is 12.4. The monoisotopic (exact) mass is 279 g/mol. The summed E-state index contributed by atoms with van der Waals surface area (Å²) in [5, 5.41) is 0. The predicted octanol–water partition coefficient (Wildman–Crippen LogP) is 1.90. The Kier molecular flexibility index (Phi) is 5.59. The molecule has 0 spiro atoms. The highest BCUT2D eigenvalue weighted by Crippen LogP contribution is 2.26. The topological polar surface area (TPSA) is 70.1 Å². The van der Waals surface area contributed by atoms with Crippen molar-refractivity contribution in [1.29, 1.82) is 0 Å². The van der Waals surface area contributed by atoms with Crippen molar-refractivity contribution in [2.24, 2.45) is 11.7 Å². The molecule has 0 bridgehead atoms. The van der Waals surface area contributed by atoms with Crippen LogP contribution in [0, 0.1) is 5.92 Å². The van der Waals surface area contributed by atoms with Crippen LogP contribution in [0.4, 0.5) is 0 Å². The first-order valence-electron chi connectivity index (χ1n) is 7.53. The molecule has 5 heteroatoms. The smallest absolute Gasteiger partial charge is 0.323 e. The van der Waals surface area contributed by atoms with E-state index in [0.29, 0.717) is 6.42 Å². The molecule has 20 heavy (non-hydrogen) atoms. The van der Waals surface area contributed by atoms with E-state index >= 15 is 0 Å². The summed E-state index contributed by atoms with van der Waals surface area (Å²) in [5.41, 5.74) is 6.59. The number of ether oxygens (including phenoxy) is 1. The number of nitrogens with zero attached hydrogens (tertiary/aromatic N) is 2. The first-order valence-corrected chi connectivity index (χ1v) is 7.53. The first kappa shape index (κ1) is 15.0. The Morgan fingerprint density at radius 2 is 2.25 bits per heavy atom. The second-order valence-electron chi connectivity index (χ2n) is 5.73. The molecule has 1 atom stereocenters. The summed E-state index contributed by atoms with van der Waals surface area (Å²) in [7, 11) is 1.35. The van der Waals surface area contributed by atoms with Crippen LogP contribution in [0.25, 0.3) is 0 Å². The van der Waals surface area contributed by atoms with Crippen molar-refractivity contribution in [2.75, 3.05) is 7.11 Å². The zero-order valence-corrected chi connectivity index (χ0v) is 12.3. The molecule has 2 rings (SSSR count). The molecule has 0 aliphatic heterocycles. The maximum atomic E-state index is 11.3. The van der Waals surface area contributed by atoms with E-state index in [-0.39, 0.29) is 5.97 Å². The SMILES string of the molecule is COC(=O)[C@@H](N)Cc1cn(CCC2CCCCC2)cn1. The highest BCUT2D eigenvalue weighted by Gasteiger charge is 2.16. The molecule has 2 N–H and O–H groups in total. The van der Waals surface area contributed by atoms with Crippen molar-refractivity contribution < 1.29 is 9.53 Å². The zero-order valence-electron chi connectivity index (χ0n) is 12.3. The molecular weight excluding hydrogens is 254 g/mol. The van der Waals surface area contributed by atoms with E-state index in [2.05, 4.69) is 14.3 Å².